The number of carbonyl (C=O) groups excluding carboxylic acids is 1. The van der Waals surface area contributed by atoms with Crippen molar-refractivity contribution in [1.29, 1.82) is 0 Å². The van der Waals surface area contributed by atoms with Gasteiger partial charge >= 0.3 is 0 Å². The molecule has 0 saturated carbocycles. The van der Waals surface area contributed by atoms with Gasteiger partial charge in [0.15, 0.2) is 0 Å². The summed E-state index contributed by atoms with van der Waals surface area (Å²) >= 11 is 0. The van der Waals surface area contributed by atoms with Crippen LogP contribution < -0.4 is 5.32 Å². The van der Waals surface area contributed by atoms with E-state index in [2.05, 4.69) is 42.8 Å². The van der Waals surface area contributed by atoms with E-state index >= 15 is 0 Å². The van der Waals surface area contributed by atoms with Crippen molar-refractivity contribution < 1.29 is 4.79 Å². The van der Waals surface area contributed by atoms with Crippen LogP contribution in [0.3, 0.4) is 0 Å². The second-order valence-electron chi connectivity index (χ2n) is 7.12. The SMILES string of the molecule is CC(C)CC1NC(C(C)C)N(CCN2CCCC2)C1=O. The van der Waals surface area contributed by atoms with Crippen LogP contribution in [0.1, 0.15) is 47.0 Å². The molecule has 0 aromatic heterocycles. The Morgan fingerprint density at radius 1 is 1.15 bits per heavy atom. The predicted octanol–water partition coefficient (Wildman–Crippen LogP) is 1.91. The molecule has 2 atom stereocenters. The van der Waals surface area contributed by atoms with Crippen molar-refractivity contribution in [2.45, 2.75) is 59.2 Å². The van der Waals surface area contributed by atoms with Crippen molar-refractivity contribution in [2.24, 2.45) is 11.8 Å². The van der Waals surface area contributed by atoms with Gasteiger partial charge in [-0.25, -0.2) is 0 Å². The molecule has 2 heterocycles. The van der Waals surface area contributed by atoms with Gasteiger partial charge in [-0.3, -0.25) is 10.1 Å². The summed E-state index contributed by atoms with van der Waals surface area (Å²) in [4.78, 5) is 17.2. The van der Waals surface area contributed by atoms with E-state index in [1.54, 1.807) is 0 Å². The first-order chi connectivity index (χ1) is 9.49. The Labute approximate surface area is 123 Å². The molecule has 0 spiro atoms. The average molecular weight is 281 g/mol. The molecule has 1 N–H and O–H groups in total. The summed E-state index contributed by atoms with van der Waals surface area (Å²) in [6, 6.07) is 0.0287. The zero-order valence-electron chi connectivity index (χ0n) is 13.6. The maximum atomic E-state index is 12.6. The highest BCUT2D eigenvalue weighted by atomic mass is 16.2. The molecule has 20 heavy (non-hydrogen) atoms. The molecule has 2 aliphatic rings. The Morgan fingerprint density at radius 2 is 1.80 bits per heavy atom. The fraction of sp³-hybridized carbons (Fsp3) is 0.938. The molecule has 0 aliphatic carbocycles. The molecular weight excluding hydrogens is 250 g/mol. The molecule has 2 saturated heterocycles. The van der Waals surface area contributed by atoms with Crippen molar-refractivity contribution in [3.05, 3.63) is 0 Å². The van der Waals surface area contributed by atoms with Crippen molar-refractivity contribution in [3.8, 4) is 0 Å². The molecule has 116 valence electrons. The Morgan fingerprint density at radius 3 is 2.35 bits per heavy atom. The van der Waals surface area contributed by atoms with Gasteiger partial charge in [0.05, 0.1) is 12.2 Å². The van der Waals surface area contributed by atoms with Crippen LogP contribution in [-0.4, -0.2) is 54.1 Å². The zero-order chi connectivity index (χ0) is 14.7. The Balaban J connectivity index is 1.93. The Hall–Kier alpha value is -0.610. The minimum Gasteiger partial charge on any atom is -0.324 e. The van der Waals surface area contributed by atoms with Gasteiger partial charge in [0.25, 0.3) is 0 Å². The third kappa shape index (κ3) is 3.73. The third-order valence-electron chi connectivity index (χ3n) is 4.48. The number of nitrogens with zero attached hydrogens (tertiary/aromatic N) is 2. The Kier molecular flexibility index (Phi) is 5.44. The van der Waals surface area contributed by atoms with Gasteiger partial charge in [-0.15, -0.1) is 0 Å². The number of hydrogen-bond donors (Lipinski definition) is 1. The van der Waals surface area contributed by atoms with Crippen LogP contribution in [-0.2, 0) is 4.79 Å². The van der Waals surface area contributed by atoms with E-state index in [1.165, 1.54) is 25.9 Å². The van der Waals surface area contributed by atoms with Crippen LogP contribution in [0.2, 0.25) is 0 Å². The van der Waals surface area contributed by atoms with Gasteiger partial charge in [0.2, 0.25) is 5.91 Å². The lowest BCUT2D eigenvalue weighted by Crippen LogP contribution is -2.44. The molecule has 1 amide bonds. The van der Waals surface area contributed by atoms with Crippen LogP contribution >= 0.6 is 0 Å². The van der Waals surface area contributed by atoms with Gasteiger partial charge in [0.1, 0.15) is 0 Å². The number of nitrogens with one attached hydrogen (secondary N) is 1. The highest BCUT2D eigenvalue weighted by Gasteiger charge is 2.40. The maximum absolute atomic E-state index is 12.6. The zero-order valence-corrected chi connectivity index (χ0v) is 13.6. The second kappa shape index (κ2) is 6.90. The number of carbonyl (C=O) groups is 1. The predicted molar refractivity (Wildman–Crippen MR) is 82.4 cm³/mol. The van der Waals surface area contributed by atoms with E-state index in [-0.39, 0.29) is 12.2 Å². The van der Waals surface area contributed by atoms with E-state index in [1.807, 2.05) is 0 Å². The van der Waals surface area contributed by atoms with Crippen LogP contribution in [0, 0.1) is 11.8 Å². The first kappa shape index (κ1) is 15.8. The van der Waals surface area contributed by atoms with Crippen LogP contribution in [0.25, 0.3) is 0 Å². The van der Waals surface area contributed by atoms with Gasteiger partial charge < -0.3 is 9.80 Å². The van der Waals surface area contributed by atoms with E-state index in [0.29, 0.717) is 17.7 Å². The maximum Gasteiger partial charge on any atom is 0.241 e. The molecule has 0 bridgehead atoms. The molecule has 0 aromatic rings. The van der Waals surface area contributed by atoms with Gasteiger partial charge in [0, 0.05) is 13.1 Å². The monoisotopic (exact) mass is 281 g/mol. The standard InChI is InChI=1S/C16H31N3O/c1-12(2)11-14-16(20)19(15(17-14)13(3)4)10-9-18-7-5-6-8-18/h12-15,17H,5-11H2,1-4H3. The lowest BCUT2D eigenvalue weighted by atomic mass is 10.0. The summed E-state index contributed by atoms with van der Waals surface area (Å²) in [6.45, 7) is 13.1. The first-order valence-electron chi connectivity index (χ1n) is 8.28. The minimum absolute atomic E-state index is 0.0287. The molecule has 2 fully saturated rings. The van der Waals surface area contributed by atoms with Crippen molar-refractivity contribution >= 4 is 5.91 Å². The topological polar surface area (TPSA) is 35.6 Å². The summed E-state index contributed by atoms with van der Waals surface area (Å²) in [6.07, 6.45) is 3.79. The fourth-order valence-corrected chi connectivity index (χ4v) is 3.40. The third-order valence-corrected chi connectivity index (χ3v) is 4.48. The summed E-state index contributed by atoms with van der Waals surface area (Å²) in [5.41, 5.74) is 0. The van der Waals surface area contributed by atoms with Gasteiger partial charge in [-0.2, -0.15) is 0 Å². The van der Waals surface area contributed by atoms with Crippen LogP contribution in [0.4, 0.5) is 0 Å². The molecule has 2 unspecified atom stereocenters. The summed E-state index contributed by atoms with van der Waals surface area (Å²) in [5.74, 6) is 1.34. The summed E-state index contributed by atoms with van der Waals surface area (Å²) in [7, 11) is 0. The molecule has 2 aliphatic heterocycles. The lowest BCUT2D eigenvalue weighted by molar-refractivity contribution is -0.131. The van der Waals surface area contributed by atoms with E-state index in [4.69, 9.17) is 0 Å². The highest BCUT2D eigenvalue weighted by Crippen LogP contribution is 2.21. The molecule has 4 nitrogen and oxygen atoms in total. The van der Waals surface area contributed by atoms with Gasteiger partial charge in [-0.1, -0.05) is 27.7 Å². The van der Waals surface area contributed by atoms with Gasteiger partial charge in [-0.05, 0) is 44.2 Å². The van der Waals surface area contributed by atoms with E-state index < -0.39 is 0 Å². The first-order valence-corrected chi connectivity index (χ1v) is 8.28. The number of amides is 1. The normalized spacial score (nSPS) is 28.3. The fourth-order valence-electron chi connectivity index (χ4n) is 3.40. The van der Waals surface area contributed by atoms with Crippen molar-refractivity contribution in [1.82, 2.24) is 15.1 Å². The smallest absolute Gasteiger partial charge is 0.241 e. The Bertz CT molecular complexity index is 324. The van der Waals surface area contributed by atoms with Crippen molar-refractivity contribution in [2.75, 3.05) is 26.2 Å². The average Bonchev–Trinajstić information content (AvgIpc) is 2.96. The molecule has 4 heteroatoms. The lowest BCUT2D eigenvalue weighted by Gasteiger charge is -2.29. The quantitative estimate of drug-likeness (QED) is 0.808. The highest BCUT2D eigenvalue weighted by molar-refractivity contribution is 5.84. The minimum atomic E-state index is 0.0287. The summed E-state index contributed by atoms with van der Waals surface area (Å²) in [5, 5.41) is 3.55. The van der Waals surface area contributed by atoms with Crippen molar-refractivity contribution in [3.63, 3.8) is 0 Å². The number of hydrogen-bond acceptors (Lipinski definition) is 3. The molecular formula is C16H31N3O. The molecule has 2 rings (SSSR count). The molecule has 0 radical (unpaired) electrons. The molecule has 0 aromatic carbocycles. The van der Waals surface area contributed by atoms with E-state index in [9.17, 15) is 4.79 Å². The number of rotatable bonds is 6. The largest absolute Gasteiger partial charge is 0.324 e. The summed E-state index contributed by atoms with van der Waals surface area (Å²) < 4.78 is 0. The second-order valence-corrected chi connectivity index (χ2v) is 7.12. The van der Waals surface area contributed by atoms with E-state index in [0.717, 1.165) is 19.5 Å². The van der Waals surface area contributed by atoms with Crippen LogP contribution in [0.15, 0.2) is 0 Å². The van der Waals surface area contributed by atoms with Crippen LogP contribution in [0.5, 0.6) is 0 Å². The number of likely N-dealkylation sites (tertiary alicyclic amines) is 1.